The Labute approximate surface area is 145 Å². The molecule has 24 heavy (non-hydrogen) atoms. The summed E-state index contributed by atoms with van der Waals surface area (Å²) in [7, 11) is 0. The number of aliphatic carboxylic acids is 2. The van der Waals surface area contributed by atoms with Gasteiger partial charge in [0, 0.05) is 12.1 Å². The molecule has 0 radical (unpaired) electrons. The molecule has 0 bridgehead atoms. The summed E-state index contributed by atoms with van der Waals surface area (Å²) >= 11 is 1.49. The largest absolute Gasteiger partial charge is 0.473 e. The monoisotopic (exact) mass is 353 g/mol. The summed E-state index contributed by atoms with van der Waals surface area (Å²) in [5, 5.41) is 15.3. The van der Waals surface area contributed by atoms with Crippen molar-refractivity contribution in [3.63, 3.8) is 0 Å². The summed E-state index contributed by atoms with van der Waals surface area (Å²) in [5.41, 5.74) is 2.14. The Morgan fingerprint density at radius 1 is 1.08 bits per heavy atom. The van der Waals surface area contributed by atoms with Crippen LogP contribution in [0, 0.1) is 0 Å². The van der Waals surface area contributed by atoms with Gasteiger partial charge in [0.1, 0.15) is 0 Å². The highest BCUT2D eigenvalue weighted by atomic mass is 32.2. The molecule has 1 aromatic carbocycles. The third kappa shape index (κ3) is 5.98. The minimum Gasteiger partial charge on any atom is -0.473 e. The minimum atomic E-state index is -1.82. The van der Waals surface area contributed by atoms with Gasteiger partial charge in [-0.15, -0.1) is 0 Å². The van der Waals surface area contributed by atoms with E-state index in [1.165, 1.54) is 30.2 Å². The lowest BCUT2D eigenvalue weighted by atomic mass is 10.1. The summed E-state index contributed by atoms with van der Waals surface area (Å²) < 4.78 is 0. The van der Waals surface area contributed by atoms with Crippen molar-refractivity contribution in [2.24, 2.45) is 0 Å². The van der Waals surface area contributed by atoms with Gasteiger partial charge in [-0.1, -0.05) is 49.9 Å². The molecule has 0 saturated carbocycles. The Morgan fingerprint density at radius 2 is 1.62 bits per heavy atom. The van der Waals surface area contributed by atoms with E-state index in [9.17, 15) is 4.79 Å². The van der Waals surface area contributed by atoms with Crippen LogP contribution < -0.4 is 0 Å². The van der Waals surface area contributed by atoms with Crippen LogP contribution in [0.1, 0.15) is 47.9 Å². The van der Waals surface area contributed by atoms with Gasteiger partial charge < -0.3 is 15.1 Å². The molecule has 1 aliphatic heterocycles. The number of carbonyl (C=O) groups is 3. The van der Waals surface area contributed by atoms with Crippen LogP contribution >= 0.6 is 11.8 Å². The molecule has 0 amide bonds. The molecule has 7 heteroatoms. The SMILES string of the molecule is CCCN(CCC)CC1SC(=O)c2ccccc21.O=C(O)C(=O)O. The molecule has 0 saturated heterocycles. The Morgan fingerprint density at radius 3 is 2.12 bits per heavy atom. The molecule has 1 aromatic rings. The van der Waals surface area contributed by atoms with Crippen molar-refractivity contribution in [1.29, 1.82) is 0 Å². The van der Waals surface area contributed by atoms with E-state index < -0.39 is 11.9 Å². The number of thioether (sulfide) groups is 1. The van der Waals surface area contributed by atoms with Crippen LogP contribution in [0.5, 0.6) is 0 Å². The third-order valence-electron chi connectivity index (χ3n) is 3.46. The number of benzene rings is 1. The van der Waals surface area contributed by atoms with E-state index in [0.29, 0.717) is 5.25 Å². The van der Waals surface area contributed by atoms with E-state index in [0.717, 1.165) is 25.2 Å². The normalized spacial score (nSPS) is 15.6. The number of fused-ring (bicyclic) bond motifs is 1. The van der Waals surface area contributed by atoms with Gasteiger partial charge in [0.25, 0.3) is 0 Å². The summed E-state index contributed by atoms with van der Waals surface area (Å²) in [4.78, 5) is 32.6. The van der Waals surface area contributed by atoms with E-state index in [1.54, 1.807) is 0 Å². The molecule has 1 aliphatic rings. The molecule has 0 spiro atoms. The first-order chi connectivity index (χ1) is 11.4. The van der Waals surface area contributed by atoms with Crippen LogP contribution in [0.4, 0.5) is 0 Å². The van der Waals surface area contributed by atoms with E-state index in [1.807, 2.05) is 18.2 Å². The molecule has 132 valence electrons. The maximum atomic E-state index is 11.9. The zero-order valence-corrected chi connectivity index (χ0v) is 14.7. The fourth-order valence-electron chi connectivity index (χ4n) is 2.52. The van der Waals surface area contributed by atoms with Crippen molar-refractivity contribution in [3.8, 4) is 0 Å². The molecule has 0 aromatic heterocycles. The lowest BCUT2D eigenvalue weighted by Gasteiger charge is -2.24. The summed E-state index contributed by atoms with van der Waals surface area (Å²) in [5.74, 6) is -3.65. The third-order valence-corrected chi connectivity index (χ3v) is 4.59. The van der Waals surface area contributed by atoms with Crippen molar-refractivity contribution in [3.05, 3.63) is 35.4 Å². The van der Waals surface area contributed by atoms with Crippen LogP contribution in [0.2, 0.25) is 0 Å². The fraction of sp³-hybridized carbons (Fsp3) is 0.471. The molecule has 1 atom stereocenters. The minimum absolute atomic E-state index is 0.239. The average Bonchev–Trinajstić information content (AvgIpc) is 2.85. The zero-order valence-electron chi connectivity index (χ0n) is 13.9. The first-order valence-corrected chi connectivity index (χ1v) is 8.77. The van der Waals surface area contributed by atoms with Gasteiger partial charge in [-0.25, -0.2) is 9.59 Å². The van der Waals surface area contributed by atoms with Gasteiger partial charge in [-0.3, -0.25) is 4.79 Å². The highest BCUT2D eigenvalue weighted by Crippen LogP contribution is 2.41. The first-order valence-electron chi connectivity index (χ1n) is 7.89. The van der Waals surface area contributed by atoms with Crippen LogP contribution in [-0.2, 0) is 9.59 Å². The molecular formula is C17H23NO5S. The van der Waals surface area contributed by atoms with E-state index in [4.69, 9.17) is 19.8 Å². The summed E-state index contributed by atoms with van der Waals surface area (Å²) in [6.45, 7) is 7.67. The molecule has 1 unspecified atom stereocenters. The van der Waals surface area contributed by atoms with E-state index >= 15 is 0 Å². The standard InChI is InChI=1S/C15H21NOS.C2H2O4/c1-3-9-16(10-4-2)11-14-12-7-5-6-8-13(12)15(17)18-14;3-1(4)2(5)6/h5-8,14H,3-4,9-11H2,1-2H3;(H,3,4)(H,5,6). The van der Waals surface area contributed by atoms with E-state index in [2.05, 4.69) is 24.8 Å². The van der Waals surface area contributed by atoms with Crippen molar-refractivity contribution in [2.45, 2.75) is 31.9 Å². The number of carboxylic acids is 2. The van der Waals surface area contributed by atoms with Crippen LogP contribution in [0.25, 0.3) is 0 Å². The molecular weight excluding hydrogens is 330 g/mol. The maximum Gasteiger partial charge on any atom is 0.414 e. The Hall–Kier alpha value is -1.86. The number of carbonyl (C=O) groups excluding carboxylic acids is 1. The number of nitrogens with zero attached hydrogens (tertiary/aromatic N) is 1. The van der Waals surface area contributed by atoms with Gasteiger partial charge in [-0.2, -0.15) is 0 Å². The number of rotatable bonds is 6. The molecule has 0 fully saturated rings. The molecule has 0 aliphatic carbocycles. The van der Waals surface area contributed by atoms with Crippen molar-refractivity contribution < 1.29 is 24.6 Å². The quantitative estimate of drug-likeness (QED) is 0.759. The van der Waals surface area contributed by atoms with Gasteiger partial charge in [0.15, 0.2) is 0 Å². The van der Waals surface area contributed by atoms with Crippen LogP contribution in [0.15, 0.2) is 24.3 Å². The van der Waals surface area contributed by atoms with Crippen molar-refractivity contribution in [2.75, 3.05) is 19.6 Å². The number of hydrogen-bond donors (Lipinski definition) is 2. The second kappa shape index (κ2) is 10.1. The number of carboxylic acid groups (broad SMARTS) is 2. The summed E-state index contributed by atoms with van der Waals surface area (Å²) in [6.07, 6.45) is 2.35. The molecule has 2 N–H and O–H groups in total. The smallest absolute Gasteiger partial charge is 0.414 e. The van der Waals surface area contributed by atoms with Crippen molar-refractivity contribution in [1.82, 2.24) is 4.90 Å². The van der Waals surface area contributed by atoms with Gasteiger partial charge >= 0.3 is 11.9 Å². The lowest BCUT2D eigenvalue weighted by Crippen LogP contribution is -2.29. The van der Waals surface area contributed by atoms with Crippen LogP contribution in [-0.4, -0.2) is 51.8 Å². The van der Waals surface area contributed by atoms with Crippen LogP contribution in [0.3, 0.4) is 0 Å². The Kier molecular flexibility index (Phi) is 8.49. The predicted octanol–water partition coefficient (Wildman–Crippen LogP) is 2.89. The fourth-order valence-corrected chi connectivity index (χ4v) is 3.71. The Balaban J connectivity index is 0.000000413. The van der Waals surface area contributed by atoms with Gasteiger partial charge in [-0.05, 0) is 31.5 Å². The summed E-state index contributed by atoms with van der Waals surface area (Å²) in [6, 6.07) is 8.05. The highest BCUT2D eigenvalue weighted by molar-refractivity contribution is 8.14. The van der Waals surface area contributed by atoms with E-state index in [-0.39, 0.29) is 5.12 Å². The molecule has 1 heterocycles. The number of hydrogen-bond acceptors (Lipinski definition) is 5. The Bertz CT molecular complexity index is 572. The zero-order chi connectivity index (χ0) is 18.1. The maximum absolute atomic E-state index is 11.9. The molecule has 2 rings (SSSR count). The van der Waals surface area contributed by atoms with Crippen molar-refractivity contribution >= 4 is 28.8 Å². The van der Waals surface area contributed by atoms with Gasteiger partial charge in [0.2, 0.25) is 5.12 Å². The highest BCUT2D eigenvalue weighted by Gasteiger charge is 2.30. The average molecular weight is 353 g/mol. The first kappa shape index (κ1) is 20.2. The second-order valence-corrected chi connectivity index (χ2v) is 6.57. The molecule has 6 nitrogen and oxygen atoms in total. The lowest BCUT2D eigenvalue weighted by molar-refractivity contribution is -0.159. The van der Waals surface area contributed by atoms with Gasteiger partial charge in [0.05, 0.1) is 5.25 Å². The second-order valence-electron chi connectivity index (χ2n) is 5.39. The topological polar surface area (TPSA) is 94.9 Å². The predicted molar refractivity (Wildman–Crippen MR) is 93.4 cm³/mol.